The van der Waals surface area contributed by atoms with Crippen LogP contribution in [0.25, 0.3) is 11.1 Å². The van der Waals surface area contributed by atoms with Crippen molar-refractivity contribution in [3.63, 3.8) is 0 Å². The molecule has 0 saturated heterocycles. The number of hydrogen-bond acceptors (Lipinski definition) is 5. The fraction of sp³-hybridized carbons (Fsp3) is 0.300. The number of rotatable bonds is 12. The molecule has 0 spiro atoms. The molecule has 3 rings (SSSR count). The first-order chi connectivity index (χ1) is 17.4. The van der Waals surface area contributed by atoms with Crippen LogP contribution >= 0.6 is 0 Å². The minimum absolute atomic E-state index is 0.165. The van der Waals surface area contributed by atoms with Gasteiger partial charge in [0, 0.05) is 19.3 Å². The molecule has 3 aromatic rings. The number of carbonyl (C=O) groups excluding carboxylic acids is 1. The minimum Gasteiger partial charge on any atom is -0.492 e. The summed E-state index contributed by atoms with van der Waals surface area (Å²) in [5, 5.41) is 3.08. The third kappa shape index (κ3) is 7.44. The largest absolute Gasteiger partial charge is 0.492 e. The second kappa shape index (κ2) is 13.5. The maximum atomic E-state index is 13.7. The summed E-state index contributed by atoms with van der Waals surface area (Å²) in [7, 11) is 5.60. The van der Waals surface area contributed by atoms with Gasteiger partial charge in [0.1, 0.15) is 18.1 Å². The van der Waals surface area contributed by atoms with Crippen LogP contribution in [0.3, 0.4) is 0 Å². The Bertz CT molecular complexity index is 1150. The number of anilines is 1. The van der Waals surface area contributed by atoms with E-state index in [-0.39, 0.29) is 12.7 Å². The van der Waals surface area contributed by atoms with Crippen molar-refractivity contribution in [2.24, 2.45) is 0 Å². The highest BCUT2D eigenvalue weighted by atomic mass is 16.7. The lowest BCUT2D eigenvalue weighted by molar-refractivity contribution is -0.111. The normalized spacial score (nSPS) is 11.7. The lowest BCUT2D eigenvalue weighted by Gasteiger charge is -2.18. The Morgan fingerprint density at radius 2 is 1.53 bits per heavy atom. The number of nitrogens with one attached hydrogen (secondary N) is 1. The SMILES string of the molecule is CCC(=C(C(=O)Nc1ccc(OCCN(C)C)cc1)c1ccc(OCOC)cc1)c1ccccc1C. The molecule has 0 aliphatic rings. The summed E-state index contributed by atoms with van der Waals surface area (Å²) in [4.78, 5) is 15.8. The zero-order chi connectivity index (χ0) is 25.9. The molecule has 6 nitrogen and oxygen atoms in total. The Morgan fingerprint density at radius 1 is 0.889 bits per heavy atom. The first-order valence-electron chi connectivity index (χ1n) is 12.1. The van der Waals surface area contributed by atoms with E-state index >= 15 is 0 Å². The zero-order valence-electron chi connectivity index (χ0n) is 21.8. The van der Waals surface area contributed by atoms with Gasteiger partial charge in [0.05, 0.1) is 5.57 Å². The van der Waals surface area contributed by atoms with Gasteiger partial charge in [-0.05, 0) is 86.1 Å². The molecule has 1 N–H and O–H groups in total. The fourth-order valence-electron chi connectivity index (χ4n) is 3.87. The average Bonchev–Trinajstić information content (AvgIpc) is 2.88. The van der Waals surface area contributed by atoms with Crippen LogP contribution in [-0.2, 0) is 9.53 Å². The summed E-state index contributed by atoms with van der Waals surface area (Å²) in [6, 6.07) is 23.2. The van der Waals surface area contributed by atoms with E-state index in [1.807, 2.05) is 74.8 Å². The Labute approximate surface area is 214 Å². The lowest BCUT2D eigenvalue weighted by Crippen LogP contribution is -2.19. The second-order valence-electron chi connectivity index (χ2n) is 8.73. The number of allylic oxidation sites excluding steroid dienone is 1. The van der Waals surface area contributed by atoms with Gasteiger partial charge in [-0.3, -0.25) is 4.79 Å². The first kappa shape index (κ1) is 27.0. The highest BCUT2D eigenvalue weighted by Crippen LogP contribution is 2.33. The molecule has 36 heavy (non-hydrogen) atoms. The predicted octanol–water partition coefficient (Wildman–Crippen LogP) is 5.88. The number of ether oxygens (including phenoxy) is 3. The van der Waals surface area contributed by atoms with E-state index in [2.05, 4.69) is 36.2 Å². The van der Waals surface area contributed by atoms with Crippen molar-refractivity contribution in [3.05, 3.63) is 89.5 Å². The number of aryl methyl sites for hydroxylation is 1. The molecule has 0 unspecified atom stereocenters. The molecule has 0 fully saturated rings. The summed E-state index contributed by atoms with van der Waals surface area (Å²) in [6.45, 7) is 5.75. The van der Waals surface area contributed by atoms with Crippen LogP contribution in [0.5, 0.6) is 11.5 Å². The van der Waals surface area contributed by atoms with Crippen molar-refractivity contribution in [2.45, 2.75) is 20.3 Å². The summed E-state index contributed by atoms with van der Waals surface area (Å²) in [5.74, 6) is 1.28. The molecule has 0 heterocycles. The smallest absolute Gasteiger partial charge is 0.256 e. The van der Waals surface area contributed by atoms with E-state index in [0.29, 0.717) is 30.0 Å². The maximum Gasteiger partial charge on any atom is 0.256 e. The van der Waals surface area contributed by atoms with Crippen LogP contribution in [0.2, 0.25) is 0 Å². The van der Waals surface area contributed by atoms with Gasteiger partial charge in [0.25, 0.3) is 5.91 Å². The molecule has 1 amide bonds. The summed E-state index contributed by atoms with van der Waals surface area (Å²) >= 11 is 0. The molecule has 0 atom stereocenters. The van der Waals surface area contributed by atoms with Crippen molar-refractivity contribution in [3.8, 4) is 11.5 Å². The number of hydrogen-bond donors (Lipinski definition) is 1. The van der Waals surface area contributed by atoms with E-state index in [1.54, 1.807) is 7.11 Å². The predicted molar refractivity (Wildman–Crippen MR) is 146 cm³/mol. The Kier molecular flexibility index (Phi) is 10.1. The molecular formula is C30H36N2O4. The summed E-state index contributed by atoms with van der Waals surface area (Å²) in [6.07, 6.45) is 0.703. The van der Waals surface area contributed by atoms with Crippen molar-refractivity contribution in [2.75, 3.05) is 46.5 Å². The van der Waals surface area contributed by atoms with Gasteiger partial charge in [0.2, 0.25) is 0 Å². The van der Waals surface area contributed by atoms with Crippen molar-refractivity contribution in [1.29, 1.82) is 0 Å². The highest BCUT2D eigenvalue weighted by Gasteiger charge is 2.19. The van der Waals surface area contributed by atoms with Gasteiger partial charge in [-0.15, -0.1) is 0 Å². The van der Waals surface area contributed by atoms with Gasteiger partial charge >= 0.3 is 0 Å². The number of methoxy groups -OCH3 is 1. The van der Waals surface area contributed by atoms with Gasteiger partial charge in [-0.2, -0.15) is 0 Å². The molecule has 0 saturated carbocycles. The molecule has 190 valence electrons. The molecule has 0 aliphatic carbocycles. The van der Waals surface area contributed by atoms with Gasteiger partial charge in [-0.25, -0.2) is 0 Å². The van der Waals surface area contributed by atoms with Gasteiger partial charge < -0.3 is 24.4 Å². The highest BCUT2D eigenvalue weighted by molar-refractivity contribution is 6.31. The maximum absolute atomic E-state index is 13.7. The molecule has 0 aliphatic heterocycles. The summed E-state index contributed by atoms with van der Waals surface area (Å²) < 4.78 is 16.3. The number of carbonyl (C=O) groups is 1. The van der Waals surface area contributed by atoms with Crippen LogP contribution < -0.4 is 14.8 Å². The third-order valence-electron chi connectivity index (χ3n) is 5.76. The van der Waals surface area contributed by atoms with Crippen molar-refractivity contribution < 1.29 is 19.0 Å². The van der Waals surface area contributed by atoms with Crippen molar-refractivity contribution >= 4 is 22.7 Å². The molecule has 6 heteroatoms. The van der Waals surface area contributed by atoms with E-state index in [9.17, 15) is 4.79 Å². The van der Waals surface area contributed by atoms with E-state index in [4.69, 9.17) is 14.2 Å². The fourth-order valence-corrected chi connectivity index (χ4v) is 3.87. The topological polar surface area (TPSA) is 60.0 Å². The van der Waals surface area contributed by atoms with E-state index < -0.39 is 0 Å². The molecule has 0 aromatic heterocycles. The zero-order valence-corrected chi connectivity index (χ0v) is 21.8. The Balaban J connectivity index is 1.92. The minimum atomic E-state index is -0.165. The monoisotopic (exact) mass is 488 g/mol. The molecule has 0 radical (unpaired) electrons. The third-order valence-corrected chi connectivity index (χ3v) is 5.76. The van der Waals surface area contributed by atoms with E-state index in [1.165, 1.54) is 0 Å². The Morgan fingerprint density at radius 3 is 2.14 bits per heavy atom. The van der Waals surface area contributed by atoms with Crippen molar-refractivity contribution in [1.82, 2.24) is 4.90 Å². The van der Waals surface area contributed by atoms with Crippen LogP contribution in [0.4, 0.5) is 5.69 Å². The first-order valence-corrected chi connectivity index (χ1v) is 12.1. The van der Waals surface area contributed by atoms with Gasteiger partial charge in [-0.1, -0.05) is 43.3 Å². The Hall–Kier alpha value is -3.61. The second-order valence-corrected chi connectivity index (χ2v) is 8.73. The molecule has 3 aromatic carbocycles. The lowest BCUT2D eigenvalue weighted by atomic mass is 9.90. The number of nitrogens with zero attached hydrogens (tertiary/aromatic N) is 1. The average molecular weight is 489 g/mol. The molecular weight excluding hydrogens is 452 g/mol. The molecule has 0 bridgehead atoms. The number of benzene rings is 3. The van der Waals surface area contributed by atoms with Crippen LogP contribution in [0, 0.1) is 6.92 Å². The van der Waals surface area contributed by atoms with Crippen LogP contribution in [-0.4, -0.2) is 52.0 Å². The summed E-state index contributed by atoms with van der Waals surface area (Å²) in [5.41, 5.74) is 5.34. The van der Waals surface area contributed by atoms with Gasteiger partial charge in [0.15, 0.2) is 6.79 Å². The number of likely N-dealkylation sites (N-methyl/N-ethyl adjacent to an activating group) is 1. The van der Waals surface area contributed by atoms with E-state index in [0.717, 1.165) is 34.6 Å². The van der Waals surface area contributed by atoms with Crippen LogP contribution in [0.15, 0.2) is 72.8 Å². The standard InChI is InChI=1S/C30H36N2O4/c1-6-27(28-10-8-7-9-22(28)2)29(23-11-15-26(16-12-23)36-21-34-5)30(33)31-24-13-17-25(18-14-24)35-20-19-32(3)4/h7-18H,6,19-21H2,1-5H3,(H,31,33). The number of amides is 1. The quantitative estimate of drug-likeness (QED) is 0.196. The van der Waals surface area contributed by atoms with Crippen LogP contribution in [0.1, 0.15) is 30.0 Å².